The Morgan fingerprint density at radius 1 is 1.29 bits per heavy atom. The Bertz CT molecular complexity index is 769. The van der Waals surface area contributed by atoms with Gasteiger partial charge in [-0.3, -0.25) is 9.59 Å². The van der Waals surface area contributed by atoms with Gasteiger partial charge in [0.25, 0.3) is 5.91 Å². The Hall–Kier alpha value is -2.63. The summed E-state index contributed by atoms with van der Waals surface area (Å²) in [6, 6.07) is 9.67. The first-order valence-corrected chi connectivity index (χ1v) is 8.11. The van der Waals surface area contributed by atoms with Gasteiger partial charge in [0.05, 0.1) is 28.6 Å². The van der Waals surface area contributed by atoms with E-state index in [1.807, 2.05) is 37.3 Å². The molecule has 126 valence electrons. The molecule has 6 nitrogen and oxygen atoms in total. The van der Waals surface area contributed by atoms with Gasteiger partial charge in [0.15, 0.2) is 0 Å². The average molecular weight is 327 g/mol. The molecule has 1 saturated heterocycles. The molecule has 1 aliphatic rings. The number of carbonyl (C=O) groups excluding carboxylic acids is 1. The second-order valence-electron chi connectivity index (χ2n) is 6.45. The smallest absolute Gasteiger partial charge is 0.311 e. The molecule has 1 aromatic carbocycles. The molecular weight excluding hydrogens is 306 g/mol. The highest BCUT2D eigenvalue weighted by molar-refractivity contribution is 5.96. The summed E-state index contributed by atoms with van der Waals surface area (Å²) in [7, 11) is 0. The fourth-order valence-electron chi connectivity index (χ4n) is 3.16. The Morgan fingerprint density at radius 3 is 2.58 bits per heavy atom. The topological polar surface area (TPSA) is 75.4 Å². The van der Waals surface area contributed by atoms with Gasteiger partial charge in [0, 0.05) is 13.1 Å². The summed E-state index contributed by atoms with van der Waals surface area (Å²) in [4.78, 5) is 25.9. The van der Waals surface area contributed by atoms with Crippen molar-refractivity contribution in [2.75, 3.05) is 13.1 Å². The van der Waals surface area contributed by atoms with Gasteiger partial charge in [-0.05, 0) is 31.9 Å². The second-order valence-corrected chi connectivity index (χ2v) is 6.45. The van der Waals surface area contributed by atoms with E-state index in [0.717, 1.165) is 11.4 Å². The monoisotopic (exact) mass is 327 g/mol. The molecule has 0 bridgehead atoms. The average Bonchev–Trinajstić information content (AvgIpc) is 3.19. The predicted molar refractivity (Wildman–Crippen MR) is 89.2 cm³/mol. The van der Waals surface area contributed by atoms with E-state index in [2.05, 4.69) is 5.10 Å². The van der Waals surface area contributed by atoms with Crippen LogP contribution in [0.15, 0.2) is 36.5 Å². The van der Waals surface area contributed by atoms with E-state index < -0.39 is 11.4 Å². The minimum Gasteiger partial charge on any atom is -0.481 e. The molecule has 3 rings (SSSR count). The predicted octanol–water partition coefficient (Wildman–Crippen LogP) is 2.37. The van der Waals surface area contributed by atoms with E-state index in [9.17, 15) is 14.7 Å². The molecule has 1 atom stereocenters. The van der Waals surface area contributed by atoms with Crippen molar-refractivity contribution < 1.29 is 14.7 Å². The van der Waals surface area contributed by atoms with Crippen LogP contribution in [0.25, 0.3) is 5.69 Å². The summed E-state index contributed by atoms with van der Waals surface area (Å²) in [5.74, 6) is -0.993. The normalized spacial score (nSPS) is 20.3. The lowest BCUT2D eigenvalue weighted by Crippen LogP contribution is -2.35. The van der Waals surface area contributed by atoms with E-state index in [1.165, 1.54) is 0 Å². The van der Waals surface area contributed by atoms with Gasteiger partial charge in [-0.2, -0.15) is 5.10 Å². The lowest BCUT2D eigenvalue weighted by atomic mass is 9.90. The summed E-state index contributed by atoms with van der Waals surface area (Å²) >= 11 is 0. The van der Waals surface area contributed by atoms with Gasteiger partial charge >= 0.3 is 5.97 Å². The van der Waals surface area contributed by atoms with Crippen LogP contribution in [0.2, 0.25) is 0 Å². The van der Waals surface area contributed by atoms with Crippen molar-refractivity contribution in [3.05, 3.63) is 47.8 Å². The van der Waals surface area contributed by atoms with Gasteiger partial charge in [0.1, 0.15) is 0 Å². The molecule has 1 N–H and O–H groups in total. The lowest BCUT2D eigenvalue weighted by molar-refractivity contribution is -0.147. The number of amides is 1. The van der Waals surface area contributed by atoms with Crippen LogP contribution in [-0.4, -0.2) is 44.8 Å². The van der Waals surface area contributed by atoms with Crippen molar-refractivity contribution in [3.63, 3.8) is 0 Å². The fraction of sp³-hybridized carbons (Fsp3) is 0.389. The molecule has 1 amide bonds. The maximum atomic E-state index is 12.9. The highest BCUT2D eigenvalue weighted by atomic mass is 16.4. The zero-order chi connectivity index (χ0) is 17.3. The largest absolute Gasteiger partial charge is 0.481 e. The molecule has 1 aromatic heterocycles. The van der Waals surface area contributed by atoms with E-state index in [-0.39, 0.29) is 12.5 Å². The molecular formula is C18H21N3O3. The number of benzene rings is 1. The van der Waals surface area contributed by atoms with E-state index >= 15 is 0 Å². The molecule has 0 spiro atoms. The third kappa shape index (κ3) is 2.68. The third-order valence-electron chi connectivity index (χ3n) is 4.71. The molecule has 1 aliphatic heterocycles. The number of nitrogens with zero attached hydrogens (tertiary/aromatic N) is 3. The van der Waals surface area contributed by atoms with Crippen LogP contribution < -0.4 is 0 Å². The number of hydrogen-bond donors (Lipinski definition) is 1. The van der Waals surface area contributed by atoms with Crippen LogP contribution in [0.4, 0.5) is 0 Å². The van der Waals surface area contributed by atoms with Gasteiger partial charge in [-0.25, -0.2) is 4.68 Å². The van der Waals surface area contributed by atoms with Crippen molar-refractivity contribution in [2.24, 2.45) is 5.41 Å². The number of likely N-dealkylation sites (tertiary alicyclic amines) is 1. The first-order chi connectivity index (χ1) is 11.5. The van der Waals surface area contributed by atoms with Crippen LogP contribution in [-0.2, 0) is 11.2 Å². The third-order valence-corrected chi connectivity index (χ3v) is 4.71. The number of hydrogen-bond acceptors (Lipinski definition) is 3. The minimum absolute atomic E-state index is 0.140. The summed E-state index contributed by atoms with van der Waals surface area (Å²) in [5, 5.41) is 13.7. The van der Waals surface area contributed by atoms with Crippen LogP contribution in [0.3, 0.4) is 0 Å². The number of aromatic nitrogens is 2. The SMILES string of the molecule is CCc1c(C(=O)N2CC[C@@](C)(C(=O)O)C2)cnn1-c1ccccc1. The molecule has 1 fully saturated rings. The van der Waals surface area contributed by atoms with Gasteiger partial charge in [-0.15, -0.1) is 0 Å². The van der Waals surface area contributed by atoms with Crippen molar-refractivity contribution >= 4 is 11.9 Å². The number of rotatable bonds is 4. The van der Waals surface area contributed by atoms with E-state index in [1.54, 1.807) is 22.7 Å². The molecule has 2 aromatic rings. The maximum Gasteiger partial charge on any atom is 0.311 e. The lowest BCUT2D eigenvalue weighted by Gasteiger charge is -2.20. The fourth-order valence-corrected chi connectivity index (χ4v) is 3.16. The highest BCUT2D eigenvalue weighted by Crippen LogP contribution is 2.31. The molecule has 2 heterocycles. The Balaban J connectivity index is 1.89. The zero-order valence-corrected chi connectivity index (χ0v) is 13.9. The van der Waals surface area contributed by atoms with Crippen LogP contribution in [0.1, 0.15) is 36.3 Å². The summed E-state index contributed by atoms with van der Waals surface area (Å²) in [6.45, 7) is 4.37. The second kappa shape index (κ2) is 6.11. The number of aliphatic carboxylic acids is 1. The first-order valence-electron chi connectivity index (χ1n) is 8.11. The van der Waals surface area contributed by atoms with Gasteiger partial charge in [0.2, 0.25) is 0 Å². The molecule has 0 radical (unpaired) electrons. The van der Waals surface area contributed by atoms with Crippen molar-refractivity contribution in [2.45, 2.75) is 26.7 Å². The quantitative estimate of drug-likeness (QED) is 0.935. The van der Waals surface area contributed by atoms with E-state index in [0.29, 0.717) is 24.9 Å². The molecule has 24 heavy (non-hydrogen) atoms. The molecule has 6 heteroatoms. The molecule has 0 saturated carbocycles. The zero-order valence-electron chi connectivity index (χ0n) is 13.9. The van der Waals surface area contributed by atoms with Crippen LogP contribution in [0.5, 0.6) is 0 Å². The number of carboxylic acids is 1. The summed E-state index contributed by atoms with van der Waals surface area (Å²) in [5.41, 5.74) is 1.44. The highest BCUT2D eigenvalue weighted by Gasteiger charge is 2.42. The Labute approximate surface area is 140 Å². The molecule has 0 unspecified atom stereocenters. The van der Waals surface area contributed by atoms with Crippen molar-refractivity contribution in [1.29, 1.82) is 0 Å². The Morgan fingerprint density at radius 2 is 2.00 bits per heavy atom. The van der Waals surface area contributed by atoms with Crippen LogP contribution in [0, 0.1) is 5.41 Å². The van der Waals surface area contributed by atoms with E-state index in [4.69, 9.17) is 0 Å². The standard InChI is InChI=1S/C18H21N3O3/c1-3-15-14(11-19-21(15)13-7-5-4-6-8-13)16(22)20-10-9-18(2,12-20)17(23)24/h4-8,11H,3,9-10,12H2,1-2H3,(H,23,24)/t18-/m1/s1. The minimum atomic E-state index is -0.864. The molecule has 0 aliphatic carbocycles. The van der Waals surface area contributed by atoms with Gasteiger partial charge in [-0.1, -0.05) is 25.1 Å². The first kappa shape index (κ1) is 16.2. The number of carbonyl (C=O) groups is 2. The summed E-state index contributed by atoms with van der Waals surface area (Å²) < 4.78 is 1.78. The maximum absolute atomic E-state index is 12.9. The Kier molecular flexibility index (Phi) is 4.13. The van der Waals surface area contributed by atoms with Crippen LogP contribution >= 0.6 is 0 Å². The van der Waals surface area contributed by atoms with Gasteiger partial charge < -0.3 is 10.0 Å². The summed E-state index contributed by atoms with van der Waals surface area (Å²) in [6.07, 6.45) is 2.73. The van der Waals surface area contributed by atoms with Crippen molar-refractivity contribution in [3.8, 4) is 5.69 Å². The number of para-hydroxylation sites is 1. The number of carboxylic acid groups (broad SMARTS) is 1. The van der Waals surface area contributed by atoms with Crippen molar-refractivity contribution in [1.82, 2.24) is 14.7 Å².